The van der Waals surface area contributed by atoms with Crippen LogP contribution in [0, 0.1) is 0 Å². The first-order chi connectivity index (χ1) is 10.2. The average Bonchev–Trinajstić information content (AvgIpc) is 2.53. The van der Waals surface area contributed by atoms with Crippen LogP contribution in [-0.2, 0) is 0 Å². The lowest BCUT2D eigenvalue weighted by atomic mass is 9.91. The first-order valence-corrected chi connectivity index (χ1v) is 7.84. The maximum Gasteiger partial charge on any atom is 0.161 e. The minimum atomic E-state index is -0.107. The Kier molecular flexibility index (Phi) is 5.88. The zero-order chi connectivity index (χ0) is 15.2. The van der Waals surface area contributed by atoms with E-state index in [9.17, 15) is 5.11 Å². The Morgan fingerprint density at radius 1 is 1.14 bits per heavy atom. The van der Waals surface area contributed by atoms with Crippen LogP contribution in [0.5, 0.6) is 11.5 Å². The molecule has 1 aromatic carbocycles. The van der Waals surface area contributed by atoms with E-state index in [1.54, 1.807) is 14.2 Å². The summed E-state index contributed by atoms with van der Waals surface area (Å²) in [5, 5.41) is 13.3. The second-order valence-electron chi connectivity index (χ2n) is 5.75. The van der Waals surface area contributed by atoms with Crippen molar-refractivity contribution in [3.05, 3.63) is 23.8 Å². The van der Waals surface area contributed by atoms with E-state index >= 15 is 0 Å². The Labute approximate surface area is 127 Å². The summed E-state index contributed by atoms with van der Waals surface area (Å²) in [5.74, 6) is 1.53. The van der Waals surface area contributed by atoms with Gasteiger partial charge in [-0.15, -0.1) is 0 Å². The van der Waals surface area contributed by atoms with E-state index in [1.165, 1.54) is 5.56 Å². The Bertz CT molecular complexity index is 442. The molecule has 1 fully saturated rings. The normalized spacial score (nSPS) is 23.6. The Morgan fingerprint density at radius 2 is 1.81 bits per heavy atom. The predicted octanol–water partition coefficient (Wildman–Crippen LogP) is 3.05. The summed E-state index contributed by atoms with van der Waals surface area (Å²) in [6.07, 6.45) is 4.81. The number of aliphatic hydroxyl groups excluding tert-OH is 1. The SMILES string of the molecule is CCC(NC1CCC(O)CC1)c1ccc(OC)c(OC)c1. The summed E-state index contributed by atoms with van der Waals surface area (Å²) in [5.41, 5.74) is 1.22. The second-order valence-corrected chi connectivity index (χ2v) is 5.75. The number of aliphatic hydroxyl groups is 1. The summed E-state index contributed by atoms with van der Waals surface area (Å²) in [6.45, 7) is 2.19. The van der Waals surface area contributed by atoms with Gasteiger partial charge in [-0.1, -0.05) is 13.0 Å². The van der Waals surface area contributed by atoms with E-state index in [-0.39, 0.29) is 6.10 Å². The van der Waals surface area contributed by atoms with Crippen molar-refractivity contribution >= 4 is 0 Å². The first kappa shape index (κ1) is 16.1. The number of hydrogen-bond donors (Lipinski definition) is 2. The van der Waals surface area contributed by atoms with Gasteiger partial charge < -0.3 is 19.9 Å². The third-order valence-corrected chi connectivity index (χ3v) is 4.35. The van der Waals surface area contributed by atoms with Crippen molar-refractivity contribution in [3.63, 3.8) is 0 Å². The maximum absolute atomic E-state index is 9.60. The largest absolute Gasteiger partial charge is 0.493 e. The monoisotopic (exact) mass is 293 g/mol. The quantitative estimate of drug-likeness (QED) is 0.846. The van der Waals surface area contributed by atoms with Crippen molar-refractivity contribution in [2.24, 2.45) is 0 Å². The molecule has 118 valence electrons. The van der Waals surface area contributed by atoms with E-state index in [1.807, 2.05) is 6.07 Å². The van der Waals surface area contributed by atoms with Gasteiger partial charge in [0, 0.05) is 12.1 Å². The van der Waals surface area contributed by atoms with Crippen LogP contribution in [0.15, 0.2) is 18.2 Å². The summed E-state index contributed by atoms with van der Waals surface area (Å²) in [4.78, 5) is 0. The van der Waals surface area contributed by atoms with Crippen LogP contribution < -0.4 is 14.8 Å². The fourth-order valence-electron chi connectivity index (χ4n) is 3.05. The highest BCUT2D eigenvalue weighted by Crippen LogP contribution is 2.31. The molecule has 0 spiro atoms. The predicted molar refractivity (Wildman–Crippen MR) is 84.0 cm³/mol. The van der Waals surface area contributed by atoms with Crippen molar-refractivity contribution in [2.45, 2.75) is 57.2 Å². The summed E-state index contributed by atoms with van der Waals surface area (Å²) >= 11 is 0. The minimum Gasteiger partial charge on any atom is -0.493 e. The molecule has 2 N–H and O–H groups in total. The number of methoxy groups -OCH3 is 2. The molecule has 1 aliphatic rings. The van der Waals surface area contributed by atoms with Crippen LogP contribution in [0.1, 0.15) is 50.6 Å². The molecule has 1 aliphatic carbocycles. The molecule has 0 heterocycles. The van der Waals surface area contributed by atoms with Crippen molar-refractivity contribution in [3.8, 4) is 11.5 Å². The fourth-order valence-corrected chi connectivity index (χ4v) is 3.05. The molecule has 1 unspecified atom stereocenters. The second kappa shape index (κ2) is 7.66. The summed E-state index contributed by atoms with van der Waals surface area (Å²) in [6, 6.07) is 6.91. The van der Waals surface area contributed by atoms with Crippen molar-refractivity contribution in [1.29, 1.82) is 0 Å². The molecular formula is C17H27NO3. The Hall–Kier alpha value is -1.26. The highest BCUT2D eigenvalue weighted by atomic mass is 16.5. The number of rotatable bonds is 6. The molecule has 4 heteroatoms. The smallest absolute Gasteiger partial charge is 0.161 e. The van der Waals surface area contributed by atoms with E-state index < -0.39 is 0 Å². The Morgan fingerprint density at radius 3 is 2.38 bits per heavy atom. The lowest BCUT2D eigenvalue weighted by Crippen LogP contribution is -2.36. The number of ether oxygens (including phenoxy) is 2. The van der Waals surface area contributed by atoms with Gasteiger partial charge in [-0.25, -0.2) is 0 Å². The van der Waals surface area contributed by atoms with Crippen LogP contribution in [0.2, 0.25) is 0 Å². The molecule has 0 amide bonds. The first-order valence-electron chi connectivity index (χ1n) is 7.84. The highest BCUT2D eigenvalue weighted by Gasteiger charge is 2.22. The molecule has 0 aliphatic heterocycles. The van der Waals surface area contributed by atoms with Crippen LogP contribution in [0.25, 0.3) is 0 Å². The maximum atomic E-state index is 9.60. The van der Waals surface area contributed by atoms with Crippen LogP contribution >= 0.6 is 0 Å². The molecule has 1 saturated carbocycles. The van der Waals surface area contributed by atoms with Gasteiger partial charge in [0.1, 0.15) is 0 Å². The summed E-state index contributed by atoms with van der Waals surface area (Å²) < 4.78 is 10.7. The van der Waals surface area contributed by atoms with Gasteiger partial charge in [0.15, 0.2) is 11.5 Å². The topological polar surface area (TPSA) is 50.7 Å². The fraction of sp³-hybridized carbons (Fsp3) is 0.647. The Balaban J connectivity index is 2.06. The van der Waals surface area contributed by atoms with E-state index in [0.29, 0.717) is 12.1 Å². The van der Waals surface area contributed by atoms with Crippen LogP contribution in [0.3, 0.4) is 0 Å². The molecule has 1 aromatic rings. The van der Waals surface area contributed by atoms with Gasteiger partial charge in [-0.3, -0.25) is 0 Å². The van der Waals surface area contributed by atoms with Gasteiger partial charge in [0.25, 0.3) is 0 Å². The standard InChI is InChI=1S/C17H27NO3/c1-4-15(18-13-6-8-14(19)9-7-13)12-5-10-16(20-2)17(11-12)21-3/h5,10-11,13-15,18-19H,4,6-9H2,1-3H3. The average molecular weight is 293 g/mol. The molecule has 0 radical (unpaired) electrons. The third-order valence-electron chi connectivity index (χ3n) is 4.35. The van der Waals surface area contributed by atoms with E-state index in [0.717, 1.165) is 43.6 Å². The zero-order valence-electron chi connectivity index (χ0n) is 13.3. The van der Waals surface area contributed by atoms with Gasteiger partial charge in [-0.2, -0.15) is 0 Å². The van der Waals surface area contributed by atoms with Crippen molar-refractivity contribution in [2.75, 3.05) is 14.2 Å². The third kappa shape index (κ3) is 4.11. The molecule has 2 rings (SSSR count). The molecule has 4 nitrogen and oxygen atoms in total. The molecular weight excluding hydrogens is 266 g/mol. The van der Waals surface area contributed by atoms with Gasteiger partial charge in [-0.05, 0) is 49.8 Å². The lowest BCUT2D eigenvalue weighted by Gasteiger charge is -2.30. The van der Waals surface area contributed by atoms with Gasteiger partial charge >= 0.3 is 0 Å². The van der Waals surface area contributed by atoms with Crippen molar-refractivity contribution in [1.82, 2.24) is 5.32 Å². The lowest BCUT2D eigenvalue weighted by molar-refractivity contribution is 0.114. The molecule has 1 atom stereocenters. The van der Waals surface area contributed by atoms with Gasteiger partial charge in [0.05, 0.1) is 20.3 Å². The van der Waals surface area contributed by atoms with Crippen LogP contribution in [-0.4, -0.2) is 31.5 Å². The summed E-state index contributed by atoms with van der Waals surface area (Å²) in [7, 11) is 3.32. The number of benzene rings is 1. The van der Waals surface area contributed by atoms with E-state index in [2.05, 4.69) is 24.4 Å². The van der Waals surface area contributed by atoms with E-state index in [4.69, 9.17) is 9.47 Å². The highest BCUT2D eigenvalue weighted by molar-refractivity contribution is 5.43. The molecule has 0 saturated heterocycles. The molecule has 0 bridgehead atoms. The number of nitrogens with one attached hydrogen (secondary N) is 1. The van der Waals surface area contributed by atoms with Gasteiger partial charge in [0.2, 0.25) is 0 Å². The number of hydrogen-bond acceptors (Lipinski definition) is 4. The molecule has 0 aromatic heterocycles. The van der Waals surface area contributed by atoms with Crippen molar-refractivity contribution < 1.29 is 14.6 Å². The molecule has 21 heavy (non-hydrogen) atoms. The minimum absolute atomic E-state index is 0.107. The zero-order valence-corrected chi connectivity index (χ0v) is 13.3. The van der Waals surface area contributed by atoms with Crippen LogP contribution in [0.4, 0.5) is 0 Å².